The predicted octanol–water partition coefficient (Wildman–Crippen LogP) is 1.80. The molecule has 1 aliphatic carbocycles. The van der Waals surface area contributed by atoms with Crippen LogP contribution in [0.1, 0.15) is 53.4 Å². The minimum Gasteiger partial charge on any atom is -0.464 e. The zero-order valence-electron chi connectivity index (χ0n) is 16.1. The van der Waals surface area contributed by atoms with Crippen LogP contribution in [0.3, 0.4) is 0 Å². The van der Waals surface area contributed by atoms with E-state index in [1.54, 1.807) is 13.8 Å². The Morgan fingerprint density at radius 3 is 2.62 bits per heavy atom. The van der Waals surface area contributed by atoms with Crippen LogP contribution in [0.4, 0.5) is 0 Å². The summed E-state index contributed by atoms with van der Waals surface area (Å²) < 4.78 is 22.3. The molecule has 0 aromatic rings. The summed E-state index contributed by atoms with van der Waals surface area (Å²) >= 11 is 0. The van der Waals surface area contributed by atoms with E-state index in [2.05, 4.69) is 6.92 Å². The van der Waals surface area contributed by atoms with Crippen molar-refractivity contribution in [2.45, 2.75) is 77.3 Å². The first-order valence-corrected chi connectivity index (χ1v) is 9.74. The minimum absolute atomic E-state index is 0.00585. The summed E-state index contributed by atoms with van der Waals surface area (Å²) in [4.78, 5) is 11.6. The molecule has 0 radical (unpaired) electrons. The molecule has 7 nitrogen and oxygen atoms in total. The SMILES string of the molecule is CCOC(=O)COC1O[C@@H]2O[C@](C)(O)CCC3[C@H](C)CCC([C@H]1C)[C@]32O. The van der Waals surface area contributed by atoms with Crippen molar-refractivity contribution >= 4 is 5.97 Å². The number of carbonyl (C=O) groups excluding carboxylic acids is 1. The minimum atomic E-state index is -1.37. The van der Waals surface area contributed by atoms with Gasteiger partial charge in [-0.1, -0.05) is 13.8 Å². The molecule has 7 heteroatoms. The molecule has 0 aromatic heterocycles. The highest BCUT2D eigenvalue weighted by Gasteiger charge is 2.63. The van der Waals surface area contributed by atoms with Crippen molar-refractivity contribution in [2.75, 3.05) is 13.2 Å². The van der Waals surface area contributed by atoms with E-state index < -0.39 is 29.9 Å². The Hall–Kier alpha value is -0.730. The zero-order valence-corrected chi connectivity index (χ0v) is 16.1. The van der Waals surface area contributed by atoms with Crippen molar-refractivity contribution in [3.8, 4) is 0 Å². The van der Waals surface area contributed by atoms with Gasteiger partial charge in [-0.25, -0.2) is 4.79 Å². The summed E-state index contributed by atoms with van der Waals surface area (Å²) in [5, 5.41) is 22.2. The van der Waals surface area contributed by atoms with Crippen LogP contribution in [0.5, 0.6) is 0 Å². The third kappa shape index (κ3) is 3.52. The molecule has 26 heavy (non-hydrogen) atoms. The number of esters is 1. The Kier molecular flexibility index (Phi) is 5.66. The Balaban J connectivity index is 1.83. The molecule has 0 bridgehead atoms. The standard InChI is InChI=1S/C19H32O7/c1-5-23-15(20)10-24-16-12(3)14-7-6-11(2)13-8-9-18(4,21)26-17(25-16)19(13,14)22/h11-14,16-17,21-22H,5-10H2,1-4H3/t11-,12-,13?,14?,16?,17-,18+,19-/m1/s1. The second-order valence-corrected chi connectivity index (χ2v) is 8.30. The predicted molar refractivity (Wildman–Crippen MR) is 91.7 cm³/mol. The monoisotopic (exact) mass is 372 g/mol. The largest absolute Gasteiger partial charge is 0.464 e. The zero-order chi connectivity index (χ0) is 19.1. The molecule has 3 aliphatic rings. The maximum Gasteiger partial charge on any atom is 0.332 e. The molecule has 3 fully saturated rings. The molecule has 2 N–H and O–H groups in total. The van der Waals surface area contributed by atoms with Gasteiger partial charge in [-0.2, -0.15) is 0 Å². The van der Waals surface area contributed by atoms with Crippen LogP contribution in [0.25, 0.3) is 0 Å². The smallest absolute Gasteiger partial charge is 0.332 e. The highest BCUT2D eigenvalue weighted by molar-refractivity contribution is 5.70. The van der Waals surface area contributed by atoms with Gasteiger partial charge in [0.1, 0.15) is 12.2 Å². The Bertz CT molecular complexity index is 522. The van der Waals surface area contributed by atoms with Crippen molar-refractivity contribution < 1.29 is 34.0 Å². The van der Waals surface area contributed by atoms with E-state index in [-0.39, 0.29) is 24.4 Å². The third-order valence-electron chi connectivity index (χ3n) is 6.46. The second-order valence-electron chi connectivity index (χ2n) is 8.30. The van der Waals surface area contributed by atoms with Gasteiger partial charge in [0.05, 0.1) is 6.61 Å². The first kappa shape index (κ1) is 20.0. The number of carbonyl (C=O) groups is 1. The van der Waals surface area contributed by atoms with E-state index in [0.29, 0.717) is 25.4 Å². The molecular formula is C19H32O7. The lowest BCUT2D eigenvalue weighted by Gasteiger charge is -2.57. The number of hydrogen-bond donors (Lipinski definition) is 2. The molecule has 1 saturated carbocycles. The summed E-state index contributed by atoms with van der Waals surface area (Å²) in [5.74, 6) is -1.68. The van der Waals surface area contributed by atoms with Gasteiger partial charge in [0.25, 0.3) is 0 Å². The van der Waals surface area contributed by atoms with E-state index in [1.807, 2.05) is 6.92 Å². The fraction of sp³-hybridized carbons (Fsp3) is 0.947. The topological polar surface area (TPSA) is 94.5 Å². The molecule has 2 aliphatic heterocycles. The summed E-state index contributed by atoms with van der Waals surface area (Å²) in [7, 11) is 0. The number of rotatable bonds is 4. The van der Waals surface area contributed by atoms with Crippen molar-refractivity contribution in [2.24, 2.45) is 23.7 Å². The first-order valence-electron chi connectivity index (χ1n) is 9.74. The van der Waals surface area contributed by atoms with Gasteiger partial charge in [-0.05, 0) is 44.9 Å². The van der Waals surface area contributed by atoms with Crippen LogP contribution in [-0.4, -0.2) is 53.4 Å². The van der Waals surface area contributed by atoms with E-state index in [4.69, 9.17) is 18.9 Å². The van der Waals surface area contributed by atoms with Crippen LogP contribution in [0, 0.1) is 23.7 Å². The summed E-state index contributed by atoms with van der Waals surface area (Å²) in [6, 6.07) is 0. The maximum atomic E-state index is 11.7. The summed E-state index contributed by atoms with van der Waals surface area (Å²) in [6.45, 7) is 7.54. The lowest BCUT2D eigenvalue weighted by molar-refractivity contribution is -0.407. The summed E-state index contributed by atoms with van der Waals surface area (Å²) in [5.41, 5.74) is -1.17. The Morgan fingerprint density at radius 2 is 1.92 bits per heavy atom. The van der Waals surface area contributed by atoms with E-state index in [0.717, 1.165) is 12.8 Å². The number of aliphatic hydroxyl groups is 2. The van der Waals surface area contributed by atoms with Crippen LogP contribution in [-0.2, 0) is 23.7 Å². The van der Waals surface area contributed by atoms with Gasteiger partial charge < -0.3 is 29.2 Å². The maximum absolute atomic E-state index is 11.7. The molecule has 3 unspecified atom stereocenters. The molecule has 0 amide bonds. The lowest BCUT2D eigenvalue weighted by Crippen LogP contribution is -2.67. The third-order valence-corrected chi connectivity index (χ3v) is 6.46. The van der Waals surface area contributed by atoms with E-state index >= 15 is 0 Å². The number of ether oxygens (including phenoxy) is 4. The van der Waals surface area contributed by atoms with Gasteiger partial charge in [0, 0.05) is 18.3 Å². The van der Waals surface area contributed by atoms with E-state index in [9.17, 15) is 15.0 Å². The Morgan fingerprint density at radius 1 is 1.19 bits per heavy atom. The molecule has 0 aromatic carbocycles. The second kappa shape index (κ2) is 7.36. The van der Waals surface area contributed by atoms with Gasteiger partial charge in [0.15, 0.2) is 18.4 Å². The fourth-order valence-corrected chi connectivity index (χ4v) is 5.08. The normalized spacial score (nSPS) is 48.4. The van der Waals surface area contributed by atoms with Gasteiger partial charge in [-0.15, -0.1) is 0 Å². The first-order chi connectivity index (χ1) is 12.2. The molecular weight excluding hydrogens is 340 g/mol. The van der Waals surface area contributed by atoms with Crippen molar-refractivity contribution in [3.05, 3.63) is 0 Å². The highest BCUT2D eigenvalue weighted by Crippen LogP contribution is 2.55. The average Bonchev–Trinajstić information content (AvgIpc) is 2.65. The van der Waals surface area contributed by atoms with Gasteiger partial charge >= 0.3 is 5.97 Å². The molecule has 8 atom stereocenters. The molecule has 150 valence electrons. The highest BCUT2D eigenvalue weighted by atomic mass is 16.8. The van der Waals surface area contributed by atoms with Crippen LogP contribution in [0.2, 0.25) is 0 Å². The average molecular weight is 372 g/mol. The van der Waals surface area contributed by atoms with Crippen molar-refractivity contribution in [1.29, 1.82) is 0 Å². The van der Waals surface area contributed by atoms with Gasteiger partial charge in [-0.3, -0.25) is 0 Å². The number of hydrogen-bond acceptors (Lipinski definition) is 7. The molecule has 2 heterocycles. The fourth-order valence-electron chi connectivity index (χ4n) is 5.08. The molecule has 3 rings (SSSR count). The van der Waals surface area contributed by atoms with Crippen LogP contribution in [0.15, 0.2) is 0 Å². The summed E-state index contributed by atoms with van der Waals surface area (Å²) in [6.07, 6.45) is 1.28. The molecule has 2 saturated heterocycles. The quantitative estimate of drug-likeness (QED) is 0.727. The van der Waals surface area contributed by atoms with E-state index in [1.165, 1.54) is 0 Å². The lowest BCUT2D eigenvalue weighted by atomic mass is 9.58. The molecule has 0 spiro atoms. The Labute approximate surface area is 154 Å². The van der Waals surface area contributed by atoms with Crippen molar-refractivity contribution in [3.63, 3.8) is 0 Å². The van der Waals surface area contributed by atoms with Crippen LogP contribution < -0.4 is 0 Å². The van der Waals surface area contributed by atoms with Crippen LogP contribution >= 0.6 is 0 Å². The van der Waals surface area contributed by atoms with Gasteiger partial charge in [0.2, 0.25) is 0 Å². The van der Waals surface area contributed by atoms with Crippen molar-refractivity contribution in [1.82, 2.24) is 0 Å².